The number of benzene rings is 1. The number of nitrogens with zero attached hydrogens (tertiary/aromatic N) is 5. The molecule has 3 aromatic rings. The maximum atomic E-state index is 13.5. The Hall–Kier alpha value is -3.80. The standard InChI is InChI=1S/C29H34ClN7O4/c1-17(27(39)34-24(16-38)18-6-9-31-25(13-18)36(2)3)37-15-20-5-4-19(12-22(20)28(37)40)26-23(30)14-32-29(35-26)33-21-7-10-41-11-8-21/h4-6,9,12-14,17,21,24,38H,7-8,10-11,15-16H2,1-3H3,(H,34,39)(H,32,33,35). The summed E-state index contributed by atoms with van der Waals surface area (Å²) >= 11 is 6.47. The van der Waals surface area contributed by atoms with Crippen molar-refractivity contribution >= 4 is 35.2 Å². The first kappa shape index (κ1) is 28.7. The Morgan fingerprint density at radius 1 is 1.22 bits per heavy atom. The van der Waals surface area contributed by atoms with Crippen LogP contribution in [-0.2, 0) is 16.1 Å². The zero-order valence-corrected chi connectivity index (χ0v) is 24.1. The lowest BCUT2D eigenvalue weighted by Crippen LogP contribution is -2.46. The summed E-state index contributed by atoms with van der Waals surface area (Å²) < 4.78 is 5.42. The zero-order valence-electron chi connectivity index (χ0n) is 23.3. The molecule has 1 fully saturated rings. The normalized spacial score (nSPS) is 16.7. The smallest absolute Gasteiger partial charge is 0.255 e. The molecule has 216 valence electrons. The average molecular weight is 580 g/mol. The Morgan fingerprint density at radius 2 is 2.00 bits per heavy atom. The molecule has 1 saturated heterocycles. The molecule has 1 aromatic carbocycles. The van der Waals surface area contributed by atoms with Crippen molar-refractivity contribution < 1.29 is 19.4 Å². The minimum Gasteiger partial charge on any atom is -0.394 e. The molecule has 2 atom stereocenters. The lowest BCUT2D eigenvalue weighted by Gasteiger charge is -2.26. The SMILES string of the molecule is CC(C(=O)NC(CO)c1ccnc(N(C)C)c1)N1Cc2ccc(-c3nc(NC4CCOCC4)ncc3Cl)cc2C1=O. The molecule has 0 saturated carbocycles. The third kappa shape index (κ3) is 6.27. The molecule has 41 heavy (non-hydrogen) atoms. The minimum absolute atomic E-state index is 0.222. The number of halogens is 1. The number of carbonyl (C=O) groups excluding carboxylic acids is 2. The van der Waals surface area contributed by atoms with E-state index in [1.54, 1.807) is 31.5 Å². The molecule has 12 heteroatoms. The van der Waals surface area contributed by atoms with Crippen molar-refractivity contribution in [1.29, 1.82) is 0 Å². The summed E-state index contributed by atoms with van der Waals surface area (Å²) in [6.07, 6.45) is 4.93. The Bertz CT molecular complexity index is 1430. The van der Waals surface area contributed by atoms with Crippen molar-refractivity contribution in [2.45, 2.75) is 44.4 Å². The van der Waals surface area contributed by atoms with Crippen LogP contribution >= 0.6 is 11.6 Å². The van der Waals surface area contributed by atoms with Gasteiger partial charge in [0.15, 0.2) is 0 Å². The number of amides is 2. The lowest BCUT2D eigenvalue weighted by atomic mass is 10.0. The first-order chi connectivity index (χ1) is 19.7. The summed E-state index contributed by atoms with van der Waals surface area (Å²) in [4.78, 5) is 43.3. The average Bonchev–Trinajstić information content (AvgIpc) is 3.32. The van der Waals surface area contributed by atoms with E-state index in [0.717, 1.165) is 24.0 Å². The van der Waals surface area contributed by atoms with Crippen LogP contribution in [0.4, 0.5) is 11.8 Å². The second-order valence-electron chi connectivity index (χ2n) is 10.5. The van der Waals surface area contributed by atoms with Gasteiger partial charge in [-0.2, -0.15) is 0 Å². The molecule has 0 bridgehead atoms. The first-order valence-electron chi connectivity index (χ1n) is 13.6. The van der Waals surface area contributed by atoms with Gasteiger partial charge in [0.1, 0.15) is 11.9 Å². The fourth-order valence-corrected chi connectivity index (χ4v) is 5.21. The molecule has 3 N–H and O–H groups in total. The highest BCUT2D eigenvalue weighted by molar-refractivity contribution is 6.33. The molecule has 0 radical (unpaired) electrons. The van der Waals surface area contributed by atoms with E-state index in [1.165, 1.54) is 4.90 Å². The number of hydrogen-bond donors (Lipinski definition) is 3. The summed E-state index contributed by atoms with van der Waals surface area (Å²) in [6.45, 7) is 3.07. The van der Waals surface area contributed by atoms with Gasteiger partial charge >= 0.3 is 0 Å². The van der Waals surface area contributed by atoms with E-state index in [2.05, 4.69) is 25.6 Å². The van der Waals surface area contributed by atoms with Gasteiger partial charge in [0.2, 0.25) is 11.9 Å². The third-order valence-electron chi connectivity index (χ3n) is 7.49. The van der Waals surface area contributed by atoms with Gasteiger partial charge in [-0.3, -0.25) is 9.59 Å². The topological polar surface area (TPSA) is 133 Å². The Kier molecular flexibility index (Phi) is 8.67. The summed E-state index contributed by atoms with van der Waals surface area (Å²) in [6, 6.07) is 7.90. The fraction of sp³-hybridized carbons (Fsp3) is 0.414. The molecule has 0 spiro atoms. The maximum Gasteiger partial charge on any atom is 0.255 e. The molecular weight excluding hydrogens is 546 g/mol. The Labute approximate surface area is 243 Å². The molecule has 2 aliphatic rings. The predicted octanol–water partition coefficient (Wildman–Crippen LogP) is 3.04. The number of ether oxygens (including phenoxy) is 1. The number of hydrogen-bond acceptors (Lipinski definition) is 9. The molecule has 2 amide bonds. The number of pyridine rings is 1. The highest BCUT2D eigenvalue weighted by Crippen LogP contribution is 2.32. The van der Waals surface area contributed by atoms with E-state index in [0.29, 0.717) is 53.4 Å². The second kappa shape index (κ2) is 12.4. The van der Waals surface area contributed by atoms with E-state index in [-0.39, 0.29) is 24.5 Å². The van der Waals surface area contributed by atoms with Crippen LogP contribution in [0.5, 0.6) is 0 Å². The number of aliphatic hydroxyl groups is 1. The van der Waals surface area contributed by atoms with Crippen LogP contribution in [0, 0.1) is 0 Å². The number of aromatic nitrogens is 3. The van der Waals surface area contributed by atoms with Crippen molar-refractivity contribution in [1.82, 2.24) is 25.2 Å². The first-order valence-corrected chi connectivity index (χ1v) is 14.0. The Balaban J connectivity index is 1.30. The van der Waals surface area contributed by atoms with Gasteiger partial charge in [-0.05, 0) is 49.1 Å². The molecular formula is C29H34ClN7O4. The molecule has 11 nitrogen and oxygen atoms in total. The second-order valence-corrected chi connectivity index (χ2v) is 10.9. The van der Waals surface area contributed by atoms with Crippen LogP contribution in [-0.4, -0.2) is 82.8 Å². The number of fused-ring (bicyclic) bond motifs is 1. The largest absolute Gasteiger partial charge is 0.394 e. The molecule has 2 aromatic heterocycles. The Morgan fingerprint density at radius 3 is 2.73 bits per heavy atom. The van der Waals surface area contributed by atoms with Gasteiger partial charge in [-0.15, -0.1) is 0 Å². The van der Waals surface area contributed by atoms with Crippen LogP contribution in [0.25, 0.3) is 11.3 Å². The molecule has 2 unspecified atom stereocenters. The van der Waals surface area contributed by atoms with Crippen LogP contribution in [0.1, 0.15) is 47.3 Å². The van der Waals surface area contributed by atoms with Crippen molar-refractivity contribution in [3.63, 3.8) is 0 Å². The van der Waals surface area contributed by atoms with Crippen LogP contribution < -0.4 is 15.5 Å². The van der Waals surface area contributed by atoms with Crippen LogP contribution in [0.15, 0.2) is 42.7 Å². The van der Waals surface area contributed by atoms with E-state index < -0.39 is 12.1 Å². The van der Waals surface area contributed by atoms with E-state index >= 15 is 0 Å². The zero-order chi connectivity index (χ0) is 29.1. The maximum absolute atomic E-state index is 13.5. The van der Waals surface area contributed by atoms with Crippen LogP contribution in [0.3, 0.4) is 0 Å². The number of carbonyl (C=O) groups is 2. The summed E-state index contributed by atoms with van der Waals surface area (Å²) in [5, 5.41) is 16.6. The fourth-order valence-electron chi connectivity index (χ4n) is 5.01. The van der Waals surface area contributed by atoms with Gasteiger partial charge in [-0.25, -0.2) is 15.0 Å². The summed E-state index contributed by atoms with van der Waals surface area (Å²) in [5.41, 5.74) is 3.25. The molecule has 5 rings (SSSR count). The third-order valence-corrected chi connectivity index (χ3v) is 7.77. The summed E-state index contributed by atoms with van der Waals surface area (Å²) in [5.74, 6) is 0.561. The van der Waals surface area contributed by atoms with Crippen molar-refractivity contribution in [2.24, 2.45) is 0 Å². The monoisotopic (exact) mass is 579 g/mol. The van der Waals surface area contributed by atoms with E-state index in [4.69, 9.17) is 16.3 Å². The number of anilines is 2. The minimum atomic E-state index is -0.763. The van der Waals surface area contributed by atoms with E-state index in [9.17, 15) is 14.7 Å². The van der Waals surface area contributed by atoms with Crippen LogP contribution in [0.2, 0.25) is 5.02 Å². The van der Waals surface area contributed by atoms with E-state index in [1.807, 2.05) is 37.2 Å². The highest BCUT2D eigenvalue weighted by atomic mass is 35.5. The number of nitrogens with one attached hydrogen (secondary N) is 2. The van der Waals surface area contributed by atoms with Gasteiger partial charge in [-0.1, -0.05) is 23.7 Å². The van der Waals surface area contributed by atoms with Gasteiger partial charge < -0.3 is 30.3 Å². The molecule has 2 aliphatic heterocycles. The lowest BCUT2D eigenvalue weighted by molar-refractivity contribution is -0.126. The molecule has 0 aliphatic carbocycles. The van der Waals surface area contributed by atoms with Crippen molar-refractivity contribution in [3.05, 3.63) is 64.4 Å². The van der Waals surface area contributed by atoms with Gasteiger partial charge in [0.05, 0.1) is 29.6 Å². The summed E-state index contributed by atoms with van der Waals surface area (Å²) in [7, 11) is 3.73. The van der Waals surface area contributed by atoms with Gasteiger partial charge in [0.25, 0.3) is 5.91 Å². The number of aliphatic hydroxyl groups excluding tert-OH is 1. The molecule has 4 heterocycles. The quantitative estimate of drug-likeness (QED) is 0.350. The van der Waals surface area contributed by atoms with Crippen molar-refractivity contribution in [2.75, 3.05) is 44.1 Å². The number of rotatable bonds is 9. The predicted molar refractivity (Wildman–Crippen MR) is 156 cm³/mol. The highest BCUT2D eigenvalue weighted by Gasteiger charge is 2.35. The van der Waals surface area contributed by atoms with Crippen molar-refractivity contribution in [3.8, 4) is 11.3 Å². The van der Waals surface area contributed by atoms with Gasteiger partial charge in [0, 0.05) is 57.2 Å².